The molecular formula is C11H20N4O3. The topological polar surface area (TPSA) is 113 Å². The molecule has 0 aliphatic carbocycles. The van der Waals surface area contributed by atoms with Gasteiger partial charge in [-0.3, -0.25) is 14.3 Å². The maximum atomic E-state index is 11.7. The van der Waals surface area contributed by atoms with Crippen LogP contribution in [0, 0.1) is 0 Å². The summed E-state index contributed by atoms with van der Waals surface area (Å²) >= 11 is 0. The number of nitrogens with one attached hydrogen (secondary N) is 2. The first kappa shape index (κ1) is 14.3. The highest BCUT2D eigenvalue weighted by Crippen LogP contribution is 2.22. The van der Waals surface area contributed by atoms with Crippen molar-refractivity contribution in [3.8, 4) is 0 Å². The molecule has 102 valence electrons. The summed E-state index contributed by atoms with van der Waals surface area (Å²) in [4.78, 5) is 25.3. The van der Waals surface area contributed by atoms with Gasteiger partial charge in [-0.05, 0) is 19.8 Å². The van der Waals surface area contributed by atoms with Gasteiger partial charge in [-0.1, -0.05) is 6.92 Å². The monoisotopic (exact) mass is 256 g/mol. The molecule has 0 aliphatic heterocycles. The van der Waals surface area contributed by atoms with Gasteiger partial charge in [0, 0.05) is 19.2 Å². The minimum absolute atomic E-state index is 0.000906. The summed E-state index contributed by atoms with van der Waals surface area (Å²) in [5.41, 5.74) is 4.37. The smallest absolute Gasteiger partial charge is 0.329 e. The number of aliphatic hydroxyl groups excluding tert-OH is 1. The Hall–Kier alpha value is -1.76. The summed E-state index contributed by atoms with van der Waals surface area (Å²) in [6.07, 6.45) is 1.18. The fourth-order valence-electron chi connectivity index (χ4n) is 1.63. The lowest BCUT2D eigenvalue weighted by atomic mass is 9.94. The van der Waals surface area contributed by atoms with Gasteiger partial charge in [0.2, 0.25) is 0 Å². The van der Waals surface area contributed by atoms with Crippen molar-refractivity contribution in [3.05, 3.63) is 20.8 Å². The molecule has 7 nitrogen and oxygen atoms in total. The second-order valence-electron chi connectivity index (χ2n) is 4.59. The normalized spacial score (nSPS) is 14.2. The Labute approximate surface area is 105 Å². The van der Waals surface area contributed by atoms with E-state index in [4.69, 9.17) is 10.8 Å². The fourth-order valence-corrected chi connectivity index (χ4v) is 1.63. The van der Waals surface area contributed by atoms with Crippen LogP contribution in [0.15, 0.2) is 9.59 Å². The molecular weight excluding hydrogens is 236 g/mol. The second kappa shape index (κ2) is 5.26. The molecule has 0 aliphatic rings. The second-order valence-corrected chi connectivity index (χ2v) is 4.59. The van der Waals surface area contributed by atoms with E-state index < -0.39 is 16.8 Å². The lowest BCUT2D eigenvalue weighted by molar-refractivity contribution is 0.252. The number of aliphatic hydroxyl groups is 1. The average molecular weight is 256 g/mol. The van der Waals surface area contributed by atoms with Crippen molar-refractivity contribution in [2.75, 3.05) is 17.7 Å². The van der Waals surface area contributed by atoms with Gasteiger partial charge in [0.25, 0.3) is 5.56 Å². The number of aromatic nitrogens is 2. The fraction of sp³-hybridized carbons (Fsp3) is 0.636. The number of nitrogens with two attached hydrogens (primary N) is 1. The maximum absolute atomic E-state index is 11.7. The zero-order chi connectivity index (χ0) is 13.9. The molecule has 1 rings (SSSR count). The Morgan fingerprint density at radius 2 is 2.11 bits per heavy atom. The molecule has 1 unspecified atom stereocenters. The molecule has 1 atom stereocenters. The summed E-state index contributed by atoms with van der Waals surface area (Å²) in [6, 6.07) is 0. The first-order valence-corrected chi connectivity index (χ1v) is 5.82. The molecule has 5 N–H and O–H groups in total. The van der Waals surface area contributed by atoms with E-state index in [0.29, 0.717) is 12.8 Å². The minimum atomic E-state index is -0.552. The van der Waals surface area contributed by atoms with Crippen LogP contribution < -0.4 is 22.3 Å². The van der Waals surface area contributed by atoms with Crippen molar-refractivity contribution in [1.82, 2.24) is 9.55 Å². The number of rotatable bonds is 5. The lowest BCUT2D eigenvalue weighted by Gasteiger charge is -2.30. The number of hydrogen-bond acceptors (Lipinski definition) is 5. The van der Waals surface area contributed by atoms with Crippen molar-refractivity contribution in [3.63, 3.8) is 0 Å². The summed E-state index contributed by atoms with van der Waals surface area (Å²) in [5, 5.41) is 12.1. The van der Waals surface area contributed by atoms with E-state index in [9.17, 15) is 9.59 Å². The van der Waals surface area contributed by atoms with Crippen LogP contribution in [0.3, 0.4) is 0 Å². The van der Waals surface area contributed by atoms with E-state index in [0.717, 1.165) is 0 Å². The molecule has 0 aromatic carbocycles. The lowest BCUT2D eigenvalue weighted by Crippen LogP contribution is -2.40. The standard InChI is InChI=1S/C11H20N4O3/c1-4-11(2,5-6-16)14-7-8(12)15(3)10(18)13-9(7)17/h14,16H,4-6,12H2,1-3H3,(H,13,17,18). The third-order valence-corrected chi connectivity index (χ3v) is 3.24. The highest BCUT2D eigenvalue weighted by Gasteiger charge is 2.24. The van der Waals surface area contributed by atoms with Crippen LogP contribution in [-0.4, -0.2) is 26.8 Å². The Morgan fingerprint density at radius 1 is 1.50 bits per heavy atom. The van der Waals surface area contributed by atoms with E-state index in [1.807, 2.05) is 13.8 Å². The van der Waals surface area contributed by atoms with Crippen molar-refractivity contribution < 1.29 is 5.11 Å². The Morgan fingerprint density at radius 3 is 2.61 bits per heavy atom. The van der Waals surface area contributed by atoms with Crippen LogP contribution in [0.25, 0.3) is 0 Å². The average Bonchev–Trinajstić information content (AvgIpc) is 2.32. The van der Waals surface area contributed by atoms with Crippen LogP contribution in [0.1, 0.15) is 26.7 Å². The molecule has 0 saturated carbocycles. The van der Waals surface area contributed by atoms with Crippen molar-refractivity contribution in [1.29, 1.82) is 0 Å². The predicted octanol–water partition coefficient (Wildman–Crippen LogP) is -0.381. The van der Waals surface area contributed by atoms with E-state index in [1.165, 1.54) is 11.6 Å². The molecule has 1 aromatic rings. The van der Waals surface area contributed by atoms with Gasteiger partial charge < -0.3 is 16.2 Å². The number of nitrogen functional groups attached to an aromatic ring is 1. The van der Waals surface area contributed by atoms with E-state index in [1.54, 1.807) is 0 Å². The molecule has 1 aromatic heterocycles. The number of H-pyrrole nitrogens is 1. The van der Waals surface area contributed by atoms with Crippen LogP contribution in [0.4, 0.5) is 11.5 Å². The summed E-state index contributed by atoms with van der Waals surface area (Å²) in [6.45, 7) is 3.82. The molecule has 0 amide bonds. The zero-order valence-corrected chi connectivity index (χ0v) is 10.9. The van der Waals surface area contributed by atoms with Crippen LogP contribution in [0.2, 0.25) is 0 Å². The Balaban J connectivity index is 3.23. The van der Waals surface area contributed by atoms with Crippen LogP contribution >= 0.6 is 0 Å². The zero-order valence-electron chi connectivity index (χ0n) is 10.9. The first-order valence-electron chi connectivity index (χ1n) is 5.82. The van der Waals surface area contributed by atoms with Crippen molar-refractivity contribution in [2.24, 2.45) is 7.05 Å². The Bertz CT molecular complexity index is 534. The third kappa shape index (κ3) is 2.73. The largest absolute Gasteiger partial charge is 0.396 e. The van der Waals surface area contributed by atoms with Crippen LogP contribution in [0.5, 0.6) is 0 Å². The Kier molecular flexibility index (Phi) is 4.18. The van der Waals surface area contributed by atoms with Gasteiger partial charge in [-0.15, -0.1) is 0 Å². The SMILES string of the molecule is CCC(C)(CCO)Nc1c(N)n(C)c(=O)[nH]c1=O. The molecule has 7 heteroatoms. The summed E-state index contributed by atoms with van der Waals surface area (Å²) < 4.78 is 1.17. The molecule has 18 heavy (non-hydrogen) atoms. The minimum Gasteiger partial charge on any atom is -0.396 e. The van der Waals surface area contributed by atoms with Gasteiger partial charge in [0.15, 0.2) is 0 Å². The van der Waals surface area contributed by atoms with Gasteiger partial charge in [-0.2, -0.15) is 0 Å². The third-order valence-electron chi connectivity index (χ3n) is 3.24. The van der Waals surface area contributed by atoms with E-state index >= 15 is 0 Å². The van der Waals surface area contributed by atoms with E-state index in [-0.39, 0.29) is 18.1 Å². The molecule has 0 radical (unpaired) electrons. The highest BCUT2D eigenvalue weighted by atomic mass is 16.3. The molecule has 0 bridgehead atoms. The first-order chi connectivity index (χ1) is 8.34. The van der Waals surface area contributed by atoms with Gasteiger partial charge in [0.1, 0.15) is 11.5 Å². The van der Waals surface area contributed by atoms with E-state index in [2.05, 4.69) is 10.3 Å². The van der Waals surface area contributed by atoms with Gasteiger partial charge in [0.05, 0.1) is 0 Å². The number of hydrogen-bond donors (Lipinski definition) is 4. The summed E-state index contributed by atoms with van der Waals surface area (Å²) in [7, 11) is 1.48. The maximum Gasteiger partial charge on any atom is 0.329 e. The molecule has 0 saturated heterocycles. The van der Waals surface area contributed by atoms with Gasteiger partial charge >= 0.3 is 5.69 Å². The van der Waals surface area contributed by atoms with Crippen LogP contribution in [-0.2, 0) is 7.05 Å². The summed E-state index contributed by atoms with van der Waals surface area (Å²) in [5.74, 6) is 0.0846. The van der Waals surface area contributed by atoms with Gasteiger partial charge in [-0.25, -0.2) is 4.79 Å². The number of aromatic amines is 1. The molecule has 0 spiro atoms. The highest BCUT2D eigenvalue weighted by molar-refractivity contribution is 5.61. The quantitative estimate of drug-likeness (QED) is 0.573. The van der Waals surface area contributed by atoms with Crippen molar-refractivity contribution >= 4 is 11.5 Å². The molecule has 1 heterocycles. The number of anilines is 2. The molecule has 0 fully saturated rings. The number of nitrogens with zero attached hydrogens (tertiary/aromatic N) is 1. The van der Waals surface area contributed by atoms with Crippen molar-refractivity contribution in [2.45, 2.75) is 32.2 Å². The predicted molar refractivity (Wildman–Crippen MR) is 70.7 cm³/mol.